The Kier molecular flexibility index (Phi) is 3.85. The summed E-state index contributed by atoms with van der Waals surface area (Å²) in [5, 5.41) is 3.97. The molecular formula is C15H16ClN3O. The lowest BCUT2D eigenvalue weighted by atomic mass is 10.2. The van der Waals surface area contributed by atoms with Gasteiger partial charge in [0, 0.05) is 18.8 Å². The van der Waals surface area contributed by atoms with Gasteiger partial charge in [0.1, 0.15) is 5.75 Å². The lowest BCUT2D eigenvalue weighted by molar-refractivity contribution is 0.456. The minimum absolute atomic E-state index is 0.465. The third-order valence-electron chi connectivity index (χ3n) is 3.11. The molecule has 0 radical (unpaired) electrons. The molecule has 5 heteroatoms. The van der Waals surface area contributed by atoms with Crippen molar-refractivity contribution in [2.75, 3.05) is 0 Å². The number of ether oxygens (including phenoxy) is 1. The fourth-order valence-corrected chi connectivity index (χ4v) is 2.01. The molecule has 104 valence electrons. The molecule has 20 heavy (non-hydrogen) atoms. The van der Waals surface area contributed by atoms with Crippen LogP contribution >= 0.6 is 11.6 Å². The van der Waals surface area contributed by atoms with E-state index in [0.717, 1.165) is 17.8 Å². The van der Waals surface area contributed by atoms with Crippen molar-refractivity contribution >= 4 is 11.6 Å². The maximum absolute atomic E-state index is 6.11. The molecule has 0 atom stereocenters. The van der Waals surface area contributed by atoms with Gasteiger partial charge in [-0.1, -0.05) is 17.7 Å². The zero-order valence-electron chi connectivity index (χ0n) is 11.3. The van der Waals surface area contributed by atoms with Crippen LogP contribution in [0.3, 0.4) is 0 Å². The van der Waals surface area contributed by atoms with Gasteiger partial charge in [0.05, 0.1) is 16.9 Å². The molecule has 0 saturated heterocycles. The summed E-state index contributed by atoms with van der Waals surface area (Å²) in [6.07, 6.45) is 5.85. The summed E-state index contributed by atoms with van der Waals surface area (Å²) in [5.74, 6) is 1.07. The first-order chi connectivity index (χ1) is 9.70. The maximum atomic E-state index is 6.11. The van der Waals surface area contributed by atoms with Gasteiger partial charge in [-0.2, -0.15) is 0 Å². The number of benzene rings is 1. The van der Waals surface area contributed by atoms with Crippen LogP contribution in [-0.4, -0.2) is 16.0 Å². The van der Waals surface area contributed by atoms with Gasteiger partial charge in [-0.15, -0.1) is 0 Å². The number of hydrogen-bond acceptors (Lipinski definition) is 4. The van der Waals surface area contributed by atoms with Gasteiger partial charge in [-0.25, -0.2) is 4.98 Å². The number of nitrogens with zero attached hydrogens (tertiary/aromatic N) is 2. The Morgan fingerprint density at radius 3 is 3.00 bits per heavy atom. The number of halogens is 1. The molecule has 4 nitrogen and oxygen atoms in total. The highest BCUT2D eigenvalue weighted by atomic mass is 35.5. The highest BCUT2D eigenvalue weighted by molar-refractivity contribution is 6.32. The summed E-state index contributed by atoms with van der Waals surface area (Å²) in [6.45, 7) is 2.71. The Bertz CT molecular complexity index is 614. The molecule has 1 N–H and O–H groups in total. The molecule has 0 amide bonds. The van der Waals surface area contributed by atoms with Gasteiger partial charge in [0.25, 0.3) is 0 Å². The van der Waals surface area contributed by atoms with Crippen LogP contribution in [0.25, 0.3) is 0 Å². The molecule has 1 heterocycles. The standard InChI is InChI=1S/C15H16ClN3O/c1-10-2-5-13(16)14(6-10)20-15-9-17-7-12(19-15)8-18-11-3-4-11/h2,5-7,9,11,18H,3-4,8H2,1H3. The molecule has 1 saturated carbocycles. The van der Waals surface area contributed by atoms with E-state index >= 15 is 0 Å². The lowest BCUT2D eigenvalue weighted by Gasteiger charge is -2.08. The van der Waals surface area contributed by atoms with Crippen molar-refractivity contribution in [1.82, 2.24) is 15.3 Å². The van der Waals surface area contributed by atoms with Crippen LogP contribution in [0.2, 0.25) is 5.02 Å². The molecule has 0 unspecified atom stereocenters. The van der Waals surface area contributed by atoms with Gasteiger partial charge in [-0.05, 0) is 37.5 Å². The second-order valence-electron chi connectivity index (χ2n) is 5.04. The van der Waals surface area contributed by atoms with E-state index < -0.39 is 0 Å². The Morgan fingerprint density at radius 2 is 2.20 bits per heavy atom. The molecule has 2 aromatic rings. The first-order valence-electron chi connectivity index (χ1n) is 6.69. The van der Waals surface area contributed by atoms with Crippen LogP contribution in [0.5, 0.6) is 11.6 Å². The van der Waals surface area contributed by atoms with Crippen LogP contribution in [0.4, 0.5) is 0 Å². The third kappa shape index (κ3) is 3.46. The highest BCUT2D eigenvalue weighted by Gasteiger charge is 2.20. The molecule has 1 fully saturated rings. The molecule has 3 rings (SSSR count). The highest BCUT2D eigenvalue weighted by Crippen LogP contribution is 2.29. The zero-order chi connectivity index (χ0) is 13.9. The van der Waals surface area contributed by atoms with Crippen molar-refractivity contribution in [2.24, 2.45) is 0 Å². The largest absolute Gasteiger partial charge is 0.436 e. The first kappa shape index (κ1) is 13.3. The second kappa shape index (κ2) is 5.77. The van der Waals surface area contributed by atoms with Gasteiger partial charge >= 0.3 is 0 Å². The van der Waals surface area contributed by atoms with Crippen LogP contribution in [0.1, 0.15) is 24.1 Å². The quantitative estimate of drug-likeness (QED) is 0.915. The molecule has 1 aliphatic rings. The SMILES string of the molecule is Cc1ccc(Cl)c(Oc2cncc(CNC3CC3)n2)c1. The van der Waals surface area contributed by atoms with Crippen molar-refractivity contribution in [3.8, 4) is 11.6 Å². The number of nitrogens with one attached hydrogen (secondary N) is 1. The van der Waals surface area contributed by atoms with Crippen LogP contribution in [0, 0.1) is 6.92 Å². The average molecular weight is 290 g/mol. The van der Waals surface area contributed by atoms with E-state index in [1.165, 1.54) is 12.8 Å². The summed E-state index contributed by atoms with van der Waals surface area (Å²) in [7, 11) is 0. The monoisotopic (exact) mass is 289 g/mol. The van der Waals surface area contributed by atoms with Crippen molar-refractivity contribution in [1.29, 1.82) is 0 Å². The average Bonchev–Trinajstić information content (AvgIpc) is 3.25. The normalized spacial score (nSPS) is 14.3. The van der Waals surface area contributed by atoms with E-state index in [2.05, 4.69) is 15.3 Å². The van der Waals surface area contributed by atoms with E-state index in [4.69, 9.17) is 16.3 Å². The molecule has 1 aliphatic carbocycles. The third-order valence-corrected chi connectivity index (χ3v) is 3.43. The van der Waals surface area contributed by atoms with E-state index in [0.29, 0.717) is 22.7 Å². The van der Waals surface area contributed by atoms with Crippen LogP contribution in [-0.2, 0) is 6.54 Å². The number of aromatic nitrogens is 2. The second-order valence-corrected chi connectivity index (χ2v) is 5.45. The zero-order valence-corrected chi connectivity index (χ0v) is 12.0. The number of hydrogen-bond donors (Lipinski definition) is 1. The minimum atomic E-state index is 0.465. The van der Waals surface area contributed by atoms with Gasteiger partial charge < -0.3 is 10.1 Å². The van der Waals surface area contributed by atoms with Crippen molar-refractivity contribution in [3.05, 3.63) is 46.9 Å². The fourth-order valence-electron chi connectivity index (χ4n) is 1.86. The Morgan fingerprint density at radius 1 is 1.35 bits per heavy atom. The van der Waals surface area contributed by atoms with Crippen molar-refractivity contribution in [3.63, 3.8) is 0 Å². The minimum Gasteiger partial charge on any atom is -0.436 e. The first-order valence-corrected chi connectivity index (χ1v) is 7.07. The Labute approximate surface area is 123 Å². The summed E-state index contributed by atoms with van der Waals surface area (Å²) in [4.78, 5) is 8.59. The van der Waals surface area contributed by atoms with E-state index in [9.17, 15) is 0 Å². The summed E-state index contributed by atoms with van der Waals surface area (Å²) in [6, 6.07) is 6.29. The van der Waals surface area contributed by atoms with E-state index in [1.807, 2.05) is 25.1 Å². The Balaban J connectivity index is 1.72. The fraction of sp³-hybridized carbons (Fsp3) is 0.333. The summed E-state index contributed by atoms with van der Waals surface area (Å²) < 4.78 is 5.72. The molecule has 1 aromatic carbocycles. The van der Waals surface area contributed by atoms with Crippen LogP contribution in [0.15, 0.2) is 30.6 Å². The number of rotatable bonds is 5. The molecule has 0 bridgehead atoms. The van der Waals surface area contributed by atoms with E-state index in [1.54, 1.807) is 12.4 Å². The molecule has 0 aliphatic heterocycles. The predicted octanol–water partition coefficient (Wildman–Crippen LogP) is 3.48. The van der Waals surface area contributed by atoms with Crippen molar-refractivity contribution < 1.29 is 4.74 Å². The van der Waals surface area contributed by atoms with Crippen molar-refractivity contribution in [2.45, 2.75) is 32.4 Å². The van der Waals surface area contributed by atoms with Crippen LogP contribution < -0.4 is 10.1 Å². The topological polar surface area (TPSA) is 47.0 Å². The van der Waals surface area contributed by atoms with Gasteiger partial charge in [-0.3, -0.25) is 4.98 Å². The molecule has 0 spiro atoms. The maximum Gasteiger partial charge on any atom is 0.238 e. The van der Waals surface area contributed by atoms with E-state index in [-0.39, 0.29) is 0 Å². The predicted molar refractivity (Wildman–Crippen MR) is 78.2 cm³/mol. The molecular weight excluding hydrogens is 274 g/mol. The lowest BCUT2D eigenvalue weighted by Crippen LogP contribution is -2.16. The van der Waals surface area contributed by atoms with Gasteiger partial charge in [0.15, 0.2) is 0 Å². The Hall–Kier alpha value is -1.65. The summed E-state index contributed by atoms with van der Waals surface area (Å²) >= 11 is 6.11. The summed E-state index contributed by atoms with van der Waals surface area (Å²) in [5.41, 5.74) is 1.96. The number of aryl methyl sites for hydroxylation is 1. The van der Waals surface area contributed by atoms with Gasteiger partial charge in [0.2, 0.25) is 5.88 Å². The molecule has 1 aromatic heterocycles. The smallest absolute Gasteiger partial charge is 0.238 e.